The van der Waals surface area contributed by atoms with Gasteiger partial charge in [0, 0.05) is 42.3 Å². The van der Waals surface area contributed by atoms with Crippen molar-refractivity contribution in [2.45, 2.75) is 6.54 Å². The van der Waals surface area contributed by atoms with E-state index in [0.29, 0.717) is 42.2 Å². The lowest BCUT2D eigenvalue weighted by Gasteiger charge is -2.37. The number of carbonyl (C=O) groups excluding carboxylic acids is 1. The molecule has 0 atom stereocenters. The molecule has 1 N–H and O–H groups in total. The third-order valence-electron chi connectivity index (χ3n) is 4.95. The van der Waals surface area contributed by atoms with E-state index in [1.54, 1.807) is 23.2 Å². The number of benzene rings is 2. The number of rotatable bonds is 5. The lowest BCUT2D eigenvalue weighted by molar-refractivity contribution is 0.0742. The van der Waals surface area contributed by atoms with E-state index in [1.165, 1.54) is 23.5 Å². The molecule has 0 radical (unpaired) electrons. The first-order valence-electron chi connectivity index (χ1n) is 9.43. The average Bonchev–Trinajstić information content (AvgIpc) is 3.17. The number of carbonyl (C=O) groups is 1. The Morgan fingerprint density at radius 3 is 2.60 bits per heavy atom. The Morgan fingerprint density at radius 2 is 1.90 bits per heavy atom. The van der Waals surface area contributed by atoms with Crippen LogP contribution in [0.5, 0.6) is 0 Å². The number of aromatic nitrogens is 1. The van der Waals surface area contributed by atoms with Crippen molar-refractivity contribution in [2.24, 2.45) is 0 Å². The number of amides is 1. The maximum atomic E-state index is 14.0. The number of nitrogens with one attached hydrogen (secondary N) is 1. The number of thiazole rings is 1. The second kappa shape index (κ2) is 9.20. The molecule has 0 unspecified atom stereocenters. The second-order valence-electron chi connectivity index (χ2n) is 6.85. The van der Waals surface area contributed by atoms with Crippen molar-refractivity contribution in [2.75, 3.05) is 36.4 Å². The fraction of sp³-hybridized carbons (Fsp3) is 0.238. The SMILES string of the molecule is O=C(c1ccccc1F)N1CCN(c2ccc(Cl)cc2NCc2cnc(Cl)s2)CC1. The molecule has 0 bridgehead atoms. The van der Waals surface area contributed by atoms with Crippen LogP contribution in [-0.2, 0) is 6.54 Å². The minimum absolute atomic E-state index is 0.114. The number of hydrogen-bond acceptors (Lipinski definition) is 5. The summed E-state index contributed by atoms with van der Waals surface area (Å²) >= 11 is 13.5. The predicted molar refractivity (Wildman–Crippen MR) is 120 cm³/mol. The highest BCUT2D eigenvalue weighted by atomic mass is 35.5. The molecule has 1 aliphatic heterocycles. The van der Waals surface area contributed by atoms with Gasteiger partial charge in [0.05, 0.1) is 23.5 Å². The molecule has 0 spiro atoms. The standard InChI is InChI=1S/C21H19Cl2FN4OS/c22-14-5-6-19(18(11-14)25-12-15-13-26-21(23)30-15)27-7-9-28(10-8-27)20(29)16-3-1-2-4-17(16)24/h1-6,11,13,25H,7-10,12H2. The van der Waals surface area contributed by atoms with Crippen LogP contribution >= 0.6 is 34.5 Å². The molecule has 1 fully saturated rings. The summed E-state index contributed by atoms with van der Waals surface area (Å²) in [7, 11) is 0. The highest BCUT2D eigenvalue weighted by molar-refractivity contribution is 7.15. The molecule has 2 heterocycles. The quantitative estimate of drug-likeness (QED) is 0.566. The Labute approximate surface area is 188 Å². The minimum Gasteiger partial charge on any atom is -0.378 e. The van der Waals surface area contributed by atoms with Gasteiger partial charge >= 0.3 is 0 Å². The zero-order valence-corrected chi connectivity index (χ0v) is 18.3. The average molecular weight is 465 g/mol. The highest BCUT2D eigenvalue weighted by Gasteiger charge is 2.25. The minimum atomic E-state index is -0.489. The van der Waals surface area contributed by atoms with Gasteiger partial charge in [-0.05, 0) is 30.3 Å². The first-order chi connectivity index (χ1) is 14.5. The molecule has 156 valence electrons. The van der Waals surface area contributed by atoms with Gasteiger partial charge in [0.15, 0.2) is 4.47 Å². The molecule has 1 amide bonds. The van der Waals surface area contributed by atoms with Gasteiger partial charge in [0.1, 0.15) is 5.82 Å². The molecule has 30 heavy (non-hydrogen) atoms. The largest absolute Gasteiger partial charge is 0.378 e. The summed E-state index contributed by atoms with van der Waals surface area (Å²) in [4.78, 5) is 21.6. The van der Waals surface area contributed by atoms with Gasteiger partial charge < -0.3 is 15.1 Å². The summed E-state index contributed by atoms with van der Waals surface area (Å²) in [5.74, 6) is -0.762. The van der Waals surface area contributed by atoms with E-state index in [4.69, 9.17) is 23.2 Å². The summed E-state index contributed by atoms with van der Waals surface area (Å²) in [5, 5.41) is 4.04. The summed E-state index contributed by atoms with van der Waals surface area (Å²) in [6.45, 7) is 2.90. The predicted octanol–water partition coefficient (Wildman–Crippen LogP) is 5.16. The van der Waals surface area contributed by atoms with Crippen LogP contribution in [0.3, 0.4) is 0 Å². The van der Waals surface area contributed by atoms with E-state index in [-0.39, 0.29) is 11.5 Å². The van der Waals surface area contributed by atoms with E-state index >= 15 is 0 Å². The number of nitrogens with zero attached hydrogens (tertiary/aromatic N) is 3. The maximum absolute atomic E-state index is 14.0. The molecule has 0 aliphatic carbocycles. The molecule has 2 aromatic carbocycles. The summed E-state index contributed by atoms with van der Waals surface area (Å²) in [6, 6.07) is 11.8. The summed E-state index contributed by atoms with van der Waals surface area (Å²) in [5.41, 5.74) is 2.02. The van der Waals surface area contributed by atoms with E-state index in [0.717, 1.165) is 16.3 Å². The Bertz CT molecular complexity index is 1050. The highest BCUT2D eigenvalue weighted by Crippen LogP contribution is 2.31. The van der Waals surface area contributed by atoms with Gasteiger partial charge in [-0.15, -0.1) is 11.3 Å². The van der Waals surface area contributed by atoms with Gasteiger partial charge in [-0.3, -0.25) is 4.79 Å². The normalized spacial score (nSPS) is 14.1. The van der Waals surface area contributed by atoms with Crippen LogP contribution in [0.15, 0.2) is 48.7 Å². The Hall–Kier alpha value is -2.35. The van der Waals surface area contributed by atoms with E-state index in [1.807, 2.05) is 18.2 Å². The van der Waals surface area contributed by atoms with Crippen LogP contribution in [0, 0.1) is 5.82 Å². The molecule has 9 heteroatoms. The van der Waals surface area contributed by atoms with Gasteiger partial charge in [-0.25, -0.2) is 9.37 Å². The van der Waals surface area contributed by atoms with E-state index in [9.17, 15) is 9.18 Å². The molecule has 5 nitrogen and oxygen atoms in total. The smallest absolute Gasteiger partial charge is 0.256 e. The van der Waals surface area contributed by atoms with Crippen molar-refractivity contribution in [1.29, 1.82) is 0 Å². The lowest BCUT2D eigenvalue weighted by atomic mass is 10.1. The van der Waals surface area contributed by atoms with Crippen molar-refractivity contribution in [3.05, 3.63) is 74.4 Å². The molecule has 3 aromatic rings. The fourth-order valence-electron chi connectivity index (χ4n) is 3.43. The Morgan fingerprint density at radius 1 is 1.13 bits per heavy atom. The molecule has 0 saturated carbocycles. The van der Waals surface area contributed by atoms with Gasteiger partial charge in [-0.1, -0.05) is 35.3 Å². The van der Waals surface area contributed by atoms with Crippen LogP contribution in [0.25, 0.3) is 0 Å². The summed E-state index contributed by atoms with van der Waals surface area (Å²) < 4.78 is 14.5. The van der Waals surface area contributed by atoms with Gasteiger partial charge in [0.25, 0.3) is 5.91 Å². The van der Waals surface area contributed by atoms with Crippen LogP contribution in [0.4, 0.5) is 15.8 Å². The molecule has 1 aromatic heterocycles. The number of halogens is 3. The van der Waals surface area contributed by atoms with Crippen molar-refractivity contribution in [1.82, 2.24) is 9.88 Å². The number of hydrogen-bond donors (Lipinski definition) is 1. The lowest BCUT2D eigenvalue weighted by Crippen LogP contribution is -2.49. The Balaban J connectivity index is 1.44. The molecular weight excluding hydrogens is 446 g/mol. The van der Waals surface area contributed by atoms with E-state index in [2.05, 4.69) is 15.2 Å². The Kier molecular flexibility index (Phi) is 6.41. The van der Waals surface area contributed by atoms with Crippen LogP contribution in [0.2, 0.25) is 9.49 Å². The van der Waals surface area contributed by atoms with Crippen molar-refractivity contribution >= 4 is 51.8 Å². The van der Waals surface area contributed by atoms with Crippen LogP contribution in [0.1, 0.15) is 15.2 Å². The molecular formula is C21H19Cl2FN4OS. The van der Waals surface area contributed by atoms with Gasteiger partial charge in [0.2, 0.25) is 0 Å². The monoisotopic (exact) mass is 464 g/mol. The zero-order chi connectivity index (χ0) is 21.1. The second-order valence-corrected chi connectivity index (χ2v) is 8.99. The van der Waals surface area contributed by atoms with Crippen LogP contribution in [-0.4, -0.2) is 42.0 Å². The first kappa shape index (κ1) is 20.9. The molecule has 1 saturated heterocycles. The maximum Gasteiger partial charge on any atom is 0.256 e. The topological polar surface area (TPSA) is 48.5 Å². The number of piperazine rings is 1. The fourth-order valence-corrected chi connectivity index (χ4v) is 4.52. The molecule has 4 rings (SSSR count). The van der Waals surface area contributed by atoms with E-state index < -0.39 is 5.82 Å². The third-order valence-corrected chi connectivity index (χ3v) is 6.30. The number of anilines is 2. The zero-order valence-electron chi connectivity index (χ0n) is 15.9. The molecule has 1 aliphatic rings. The van der Waals surface area contributed by atoms with Crippen molar-refractivity contribution in [3.8, 4) is 0 Å². The van der Waals surface area contributed by atoms with Gasteiger partial charge in [-0.2, -0.15) is 0 Å². The van der Waals surface area contributed by atoms with Crippen molar-refractivity contribution < 1.29 is 9.18 Å². The van der Waals surface area contributed by atoms with Crippen LogP contribution < -0.4 is 10.2 Å². The first-order valence-corrected chi connectivity index (χ1v) is 11.0. The third kappa shape index (κ3) is 4.69. The van der Waals surface area contributed by atoms with Crippen molar-refractivity contribution in [3.63, 3.8) is 0 Å². The summed E-state index contributed by atoms with van der Waals surface area (Å²) in [6.07, 6.45) is 1.75.